The number of carbonyl (C=O) groups is 1. The van der Waals surface area contributed by atoms with Crippen LogP contribution in [0, 0.1) is 0 Å². The van der Waals surface area contributed by atoms with Gasteiger partial charge < -0.3 is 15.7 Å². The number of allylic oxidation sites excluding steroid dienone is 3. The standard InChI is InChI=1S/C20H28N2O2/c1-3-5-6-18(16-21-14-4-2)9-12-20(24)22-15-13-17-7-10-19(23)11-8-17/h3-5,7-8,10-11,16,21,23H,2,6,9,12-15H2,1H3,(H,22,24)/b5-3-,18-16+. The summed E-state index contributed by atoms with van der Waals surface area (Å²) in [6.45, 7) is 6.99. The van der Waals surface area contributed by atoms with Crippen LogP contribution in [0.25, 0.3) is 0 Å². The Kier molecular flexibility index (Phi) is 9.78. The summed E-state index contributed by atoms with van der Waals surface area (Å²) in [5.74, 6) is 0.317. The first kappa shape index (κ1) is 19.6. The van der Waals surface area contributed by atoms with Crippen molar-refractivity contribution in [2.24, 2.45) is 0 Å². The molecule has 24 heavy (non-hydrogen) atoms. The van der Waals surface area contributed by atoms with Gasteiger partial charge in [0.05, 0.1) is 0 Å². The van der Waals surface area contributed by atoms with E-state index < -0.39 is 0 Å². The van der Waals surface area contributed by atoms with E-state index in [1.807, 2.05) is 31.3 Å². The van der Waals surface area contributed by atoms with Crippen molar-refractivity contribution < 1.29 is 9.90 Å². The third-order valence-electron chi connectivity index (χ3n) is 3.53. The molecule has 0 fully saturated rings. The number of phenols is 1. The Morgan fingerprint density at radius 2 is 2.00 bits per heavy atom. The number of nitrogens with one attached hydrogen (secondary N) is 2. The SMILES string of the molecule is C=CCN/C=C(\C/C=C\C)CCC(=O)NCCc1ccc(O)cc1. The zero-order chi connectivity index (χ0) is 17.6. The molecule has 0 spiro atoms. The van der Waals surface area contributed by atoms with Gasteiger partial charge in [-0.3, -0.25) is 4.79 Å². The summed E-state index contributed by atoms with van der Waals surface area (Å²) in [5.41, 5.74) is 2.29. The quantitative estimate of drug-likeness (QED) is 0.431. The van der Waals surface area contributed by atoms with Crippen LogP contribution >= 0.6 is 0 Å². The molecule has 1 amide bonds. The van der Waals surface area contributed by atoms with Crippen LogP contribution in [0.5, 0.6) is 5.75 Å². The van der Waals surface area contributed by atoms with E-state index in [9.17, 15) is 9.90 Å². The van der Waals surface area contributed by atoms with Crippen molar-refractivity contribution >= 4 is 5.91 Å². The second kappa shape index (κ2) is 12.0. The number of phenolic OH excluding ortho intramolecular Hbond substituents is 1. The molecule has 0 aromatic heterocycles. The van der Waals surface area contributed by atoms with E-state index in [1.165, 1.54) is 5.57 Å². The third-order valence-corrected chi connectivity index (χ3v) is 3.53. The maximum Gasteiger partial charge on any atom is 0.220 e. The van der Waals surface area contributed by atoms with Gasteiger partial charge in [-0.05, 0) is 50.1 Å². The van der Waals surface area contributed by atoms with E-state index in [0.717, 1.165) is 31.4 Å². The zero-order valence-electron chi connectivity index (χ0n) is 14.4. The highest BCUT2D eigenvalue weighted by Gasteiger charge is 2.04. The molecule has 1 aromatic rings. The van der Waals surface area contributed by atoms with E-state index in [2.05, 4.69) is 23.3 Å². The maximum atomic E-state index is 12.0. The molecule has 0 unspecified atom stereocenters. The minimum Gasteiger partial charge on any atom is -0.508 e. The summed E-state index contributed by atoms with van der Waals surface area (Å²) in [6.07, 6.45) is 10.7. The van der Waals surface area contributed by atoms with Gasteiger partial charge in [0, 0.05) is 19.5 Å². The molecule has 0 heterocycles. The summed E-state index contributed by atoms with van der Waals surface area (Å²) in [7, 11) is 0. The van der Waals surface area contributed by atoms with Gasteiger partial charge in [0.1, 0.15) is 5.75 Å². The van der Waals surface area contributed by atoms with E-state index >= 15 is 0 Å². The Balaban J connectivity index is 2.32. The van der Waals surface area contributed by atoms with Crippen molar-refractivity contribution in [1.29, 1.82) is 0 Å². The van der Waals surface area contributed by atoms with Crippen LogP contribution in [-0.2, 0) is 11.2 Å². The molecule has 1 rings (SSSR count). The van der Waals surface area contributed by atoms with Crippen molar-refractivity contribution in [3.63, 3.8) is 0 Å². The normalized spacial score (nSPS) is 11.5. The van der Waals surface area contributed by atoms with Gasteiger partial charge in [-0.25, -0.2) is 0 Å². The van der Waals surface area contributed by atoms with Crippen LogP contribution in [0.1, 0.15) is 31.7 Å². The first-order chi connectivity index (χ1) is 11.7. The van der Waals surface area contributed by atoms with E-state index in [0.29, 0.717) is 13.0 Å². The number of amides is 1. The number of aromatic hydroxyl groups is 1. The monoisotopic (exact) mass is 328 g/mol. The Morgan fingerprint density at radius 1 is 1.25 bits per heavy atom. The predicted molar refractivity (Wildman–Crippen MR) is 99.8 cm³/mol. The number of hydrogen-bond donors (Lipinski definition) is 3. The molecule has 0 saturated carbocycles. The lowest BCUT2D eigenvalue weighted by atomic mass is 10.1. The Morgan fingerprint density at radius 3 is 2.67 bits per heavy atom. The average molecular weight is 328 g/mol. The molecule has 0 saturated heterocycles. The van der Waals surface area contributed by atoms with Gasteiger partial charge in [0.25, 0.3) is 0 Å². The molecule has 3 N–H and O–H groups in total. The summed E-state index contributed by atoms with van der Waals surface area (Å²) in [4.78, 5) is 12.0. The van der Waals surface area contributed by atoms with Gasteiger partial charge in [-0.2, -0.15) is 0 Å². The molecule has 130 valence electrons. The van der Waals surface area contributed by atoms with Crippen molar-refractivity contribution in [2.75, 3.05) is 13.1 Å². The second-order valence-corrected chi connectivity index (χ2v) is 5.54. The number of hydrogen-bond acceptors (Lipinski definition) is 3. The van der Waals surface area contributed by atoms with E-state index in [-0.39, 0.29) is 11.7 Å². The Labute approximate surface area is 145 Å². The molecule has 1 aromatic carbocycles. The molecule has 0 atom stereocenters. The van der Waals surface area contributed by atoms with Crippen LogP contribution in [0.3, 0.4) is 0 Å². The first-order valence-electron chi connectivity index (χ1n) is 8.33. The number of benzene rings is 1. The maximum absolute atomic E-state index is 12.0. The molecule has 0 aliphatic heterocycles. The molecule has 4 heteroatoms. The van der Waals surface area contributed by atoms with Gasteiger partial charge in [-0.15, -0.1) is 6.58 Å². The number of carbonyl (C=O) groups excluding carboxylic acids is 1. The summed E-state index contributed by atoms with van der Waals surface area (Å²) >= 11 is 0. The van der Waals surface area contributed by atoms with Crippen LogP contribution in [0.4, 0.5) is 0 Å². The topological polar surface area (TPSA) is 61.4 Å². The van der Waals surface area contributed by atoms with Crippen molar-refractivity contribution in [3.05, 3.63) is 66.4 Å². The predicted octanol–water partition coefficient (Wildman–Crippen LogP) is 3.46. The molecule has 4 nitrogen and oxygen atoms in total. The lowest BCUT2D eigenvalue weighted by Crippen LogP contribution is -2.25. The van der Waals surface area contributed by atoms with Crippen LogP contribution in [0.2, 0.25) is 0 Å². The van der Waals surface area contributed by atoms with E-state index in [4.69, 9.17) is 0 Å². The summed E-state index contributed by atoms with van der Waals surface area (Å²) in [6, 6.07) is 7.05. The minimum absolute atomic E-state index is 0.0591. The average Bonchev–Trinajstić information content (AvgIpc) is 2.58. The highest BCUT2D eigenvalue weighted by Crippen LogP contribution is 2.11. The van der Waals surface area contributed by atoms with Crippen LogP contribution in [0.15, 0.2) is 60.8 Å². The van der Waals surface area contributed by atoms with E-state index in [1.54, 1.807) is 18.2 Å². The van der Waals surface area contributed by atoms with Gasteiger partial charge in [0.15, 0.2) is 0 Å². The number of rotatable bonds is 11. The highest BCUT2D eigenvalue weighted by molar-refractivity contribution is 5.76. The van der Waals surface area contributed by atoms with Gasteiger partial charge >= 0.3 is 0 Å². The van der Waals surface area contributed by atoms with Crippen LogP contribution < -0.4 is 10.6 Å². The third kappa shape index (κ3) is 8.83. The fourth-order valence-electron chi connectivity index (χ4n) is 2.16. The molecule has 0 radical (unpaired) electrons. The second-order valence-electron chi connectivity index (χ2n) is 5.54. The molecule has 0 aliphatic rings. The Hall–Kier alpha value is -2.49. The summed E-state index contributed by atoms with van der Waals surface area (Å²) < 4.78 is 0. The van der Waals surface area contributed by atoms with Crippen molar-refractivity contribution in [3.8, 4) is 5.75 Å². The zero-order valence-corrected chi connectivity index (χ0v) is 14.4. The van der Waals surface area contributed by atoms with Gasteiger partial charge in [-0.1, -0.05) is 35.9 Å². The molecule has 0 bridgehead atoms. The molecule has 0 aliphatic carbocycles. The van der Waals surface area contributed by atoms with Gasteiger partial charge in [0.2, 0.25) is 5.91 Å². The lowest BCUT2D eigenvalue weighted by molar-refractivity contribution is -0.121. The van der Waals surface area contributed by atoms with Crippen LogP contribution in [-0.4, -0.2) is 24.1 Å². The largest absolute Gasteiger partial charge is 0.508 e. The first-order valence-corrected chi connectivity index (χ1v) is 8.33. The fourth-order valence-corrected chi connectivity index (χ4v) is 2.16. The summed E-state index contributed by atoms with van der Waals surface area (Å²) in [5, 5.41) is 15.4. The smallest absolute Gasteiger partial charge is 0.220 e. The highest BCUT2D eigenvalue weighted by atomic mass is 16.3. The fraction of sp³-hybridized carbons (Fsp3) is 0.350. The molecular weight excluding hydrogens is 300 g/mol. The molecular formula is C20H28N2O2. The minimum atomic E-state index is 0.0591. The van der Waals surface area contributed by atoms with Crippen molar-refractivity contribution in [2.45, 2.75) is 32.6 Å². The Bertz CT molecular complexity index is 560. The van der Waals surface area contributed by atoms with Crippen molar-refractivity contribution in [1.82, 2.24) is 10.6 Å². The lowest BCUT2D eigenvalue weighted by Gasteiger charge is -2.08.